The molecule has 2 aliphatic rings. The van der Waals surface area contributed by atoms with Crippen molar-refractivity contribution < 1.29 is 14.3 Å². The lowest BCUT2D eigenvalue weighted by molar-refractivity contribution is -0.00554. The Labute approximate surface area is 151 Å². The molecule has 0 N–H and O–H groups in total. The quantitative estimate of drug-likeness (QED) is 0.776. The van der Waals surface area contributed by atoms with Crippen molar-refractivity contribution in [2.75, 3.05) is 51.0 Å². The van der Waals surface area contributed by atoms with Gasteiger partial charge in [-0.25, -0.2) is 15.0 Å². The number of ether oxygens (including phenoxy) is 2. The van der Waals surface area contributed by atoms with Crippen LogP contribution in [0.15, 0.2) is 30.9 Å². The van der Waals surface area contributed by atoms with Crippen LogP contribution in [0.2, 0.25) is 0 Å². The molecule has 0 radical (unpaired) electrons. The maximum absolute atomic E-state index is 12.9. The molecule has 0 unspecified atom stereocenters. The summed E-state index contributed by atoms with van der Waals surface area (Å²) in [5.41, 5.74) is 0.309. The summed E-state index contributed by atoms with van der Waals surface area (Å²) in [5, 5.41) is 0. The summed E-state index contributed by atoms with van der Waals surface area (Å²) in [6, 6.07) is 1.53. The van der Waals surface area contributed by atoms with Crippen LogP contribution in [-0.4, -0.2) is 76.8 Å². The van der Waals surface area contributed by atoms with Gasteiger partial charge in [-0.15, -0.1) is 0 Å². The van der Waals surface area contributed by atoms with Gasteiger partial charge in [0, 0.05) is 38.2 Å². The Morgan fingerprint density at radius 1 is 1.04 bits per heavy atom. The summed E-state index contributed by atoms with van der Waals surface area (Å²) in [6.45, 7) is 4.25. The van der Waals surface area contributed by atoms with Crippen LogP contribution in [0, 0.1) is 0 Å². The highest BCUT2D eigenvalue weighted by Crippen LogP contribution is 2.24. The first-order valence-corrected chi connectivity index (χ1v) is 8.63. The van der Waals surface area contributed by atoms with Gasteiger partial charge in [0.15, 0.2) is 5.82 Å². The Hall–Kier alpha value is -2.65. The van der Waals surface area contributed by atoms with Crippen LogP contribution in [0.4, 0.5) is 5.82 Å². The van der Waals surface area contributed by atoms with E-state index in [1.807, 2.05) is 6.07 Å². The minimum Gasteiger partial charge on any atom is -0.378 e. The highest BCUT2D eigenvalue weighted by Gasteiger charge is 2.32. The van der Waals surface area contributed by atoms with Crippen molar-refractivity contribution in [2.45, 2.75) is 6.04 Å². The molecule has 2 fully saturated rings. The molecule has 0 spiro atoms. The Morgan fingerprint density at radius 2 is 1.88 bits per heavy atom. The molecule has 2 saturated heterocycles. The van der Waals surface area contributed by atoms with E-state index in [-0.39, 0.29) is 11.9 Å². The summed E-state index contributed by atoms with van der Waals surface area (Å²) in [4.78, 5) is 33.9. The standard InChI is InChI=1S/C17H20N6O3/c24-17(13-11-18-3-4-19-13)23-7-10-26-12-14(23)16-20-2-1-15(21-16)22-5-8-25-9-6-22/h1-4,11,14H,5-10,12H2/t14-/m0/s1. The van der Waals surface area contributed by atoms with Gasteiger partial charge in [-0.1, -0.05) is 0 Å². The lowest BCUT2D eigenvalue weighted by atomic mass is 10.2. The first-order valence-electron chi connectivity index (χ1n) is 8.63. The molecule has 0 aromatic carbocycles. The van der Waals surface area contributed by atoms with Gasteiger partial charge in [0.05, 0.1) is 32.6 Å². The fourth-order valence-electron chi connectivity index (χ4n) is 3.11. The topological polar surface area (TPSA) is 93.6 Å². The molecule has 9 heteroatoms. The number of nitrogens with zero attached hydrogens (tertiary/aromatic N) is 6. The monoisotopic (exact) mass is 356 g/mol. The van der Waals surface area contributed by atoms with Crippen LogP contribution in [0.25, 0.3) is 0 Å². The minimum absolute atomic E-state index is 0.188. The average molecular weight is 356 g/mol. The number of hydrogen-bond acceptors (Lipinski definition) is 8. The molecular formula is C17H20N6O3. The zero-order chi connectivity index (χ0) is 17.8. The molecule has 2 aliphatic heterocycles. The third-order valence-corrected chi connectivity index (χ3v) is 4.46. The lowest BCUT2D eigenvalue weighted by Gasteiger charge is -2.35. The number of anilines is 1. The van der Waals surface area contributed by atoms with Crippen molar-refractivity contribution in [2.24, 2.45) is 0 Å². The summed E-state index contributed by atoms with van der Waals surface area (Å²) in [7, 11) is 0. The number of carbonyl (C=O) groups is 1. The third-order valence-electron chi connectivity index (χ3n) is 4.46. The summed E-state index contributed by atoms with van der Waals surface area (Å²) >= 11 is 0. The molecule has 0 saturated carbocycles. The highest BCUT2D eigenvalue weighted by molar-refractivity contribution is 5.92. The van der Waals surface area contributed by atoms with Gasteiger partial charge in [-0.3, -0.25) is 9.78 Å². The van der Waals surface area contributed by atoms with Gasteiger partial charge >= 0.3 is 0 Å². The summed E-state index contributed by atoms with van der Waals surface area (Å²) in [5.74, 6) is 1.23. The Kier molecular flexibility index (Phi) is 4.98. The lowest BCUT2D eigenvalue weighted by Crippen LogP contribution is -2.44. The van der Waals surface area contributed by atoms with E-state index in [2.05, 4.69) is 19.9 Å². The number of aromatic nitrogens is 4. The van der Waals surface area contributed by atoms with Crippen LogP contribution < -0.4 is 4.90 Å². The smallest absolute Gasteiger partial charge is 0.274 e. The zero-order valence-corrected chi connectivity index (χ0v) is 14.3. The molecule has 4 heterocycles. The van der Waals surface area contributed by atoms with Crippen LogP contribution >= 0.6 is 0 Å². The summed E-state index contributed by atoms with van der Waals surface area (Å²) in [6.07, 6.45) is 6.26. The molecule has 0 aliphatic carbocycles. The van der Waals surface area contributed by atoms with E-state index in [4.69, 9.17) is 14.5 Å². The summed E-state index contributed by atoms with van der Waals surface area (Å²) < 4.78 is 11.0. The molecular weight excluding hydrogens is 336 g/mol. The number of amides is 1. The maximum atomic E-state index is 12.9. The van der Waals surface area contributed by atoms with E-state index in [1.54, 1.807) is 17.3 Å². The molecule has 1 amide bonds. The van der Waals surface area contributed by atoms with E-state index in [0.717, 1.165) is 18.9 Å². The van der Waals surface area contributed by atoms with Gasteiger partial charge in [-0.05, 0) is 6.07 Å². The van der Waals surface area contributed by atoms with Crippen molar-refractivity contribution >= 4 is 11.7 Å². The van der Waals surface area contributed by atoms with Gasteiger partial charge in [0.2, 0.25) is 0 Å². The van der Waals surface area contributed by atoms with Crippen molar-refractivity contribution in [3.63, 3.8) is 0 Å². The number of rotatable bonds is 3. The average Bonchev–Trinajstić information content (AvgIpc) is 2.74. The third kappa shape index (κ3) is 3.49. The van der Waals surface area contributed by atoms with E-state index >= 15 is 0 Å². The van der Waals surface area contributed by atoms with Crippen LogP contribution in [0.5, 0.6) is 0 Å². The van der Waals surface area contributed by atoms with E-state index in [9.17, 15) is 4.79 Å². The fraction of sp³-hybridized carbons (Fsp3) is 0.471. The van der Waals surface area contributed by atoms with Crippen molar-refractivity contribution in [3.05, 3.63) is 42.4 Å². The zero-order valence-electron chi connectivity index (χ0n) is 14.3. The second-order valence-electron chi connectivity index (χ2n) is 6.05. The molecule has 1 atom stereocenters. The van der Waals surface area contributed by atoms with Crippen LogP contribution in [-0.2, 0) is 9.47 Å². The van der Waals surface area contributed by atoms with E-state index in [0.29, 0.717) is 44.5 Å². The largest absolute Gasteiger partial charge is 0.378 e. The first kappa shape index (κ1) is 16.8. The van der Waals surface area contributed by atoms with Gasteiger partial charge < -0.3 is 19.3 Å². The molecule has 2 aromatic rings. The fourth-order valence-corrected chi connectivity index (χ4v) is 3.11. The second kappa shape index (κ2) is 7.71. The minimum atomic E-state index is -0.348. The Balaban J connectivity index is 1.59. The molecule has 0 bridgehead atoms. The number of hydrogen-bond donors (Lipinski definition) is 0. The predicted octanol–water partition coefficient (Wildman–Crippen LogP) is 0.317. The normalized spacial score (nSPS) is 20.8. The van der Waals surface area contributed by atoms with Crippen molar-refractivity contribution in [1.82, 2.24) is 24.8 Å². The molecule has 2 aromatic heterocycles. The molecule has 136 valence electrons. The van der Waals surface area contributed by atoms with Gasteiger partial charge in [-0.2, -0.15) is 0 Å². The maximum Gasteiger partial charge on any atom is 0.274 e. The number of morpholine rings is 2. The Morgan fingerprint density at radius 3 is 2.69 bits per heavy atom. The SMILES string of the molecule is O=C(c1cnccn1)N1CCOC[C@H]1c1nccc(N2CCOCC2)n1. The molecule has 9 nitrogen and oxygen atoms in total. The van der Waals surface area contributed by atoms with Crippen molar-refractivity contribution in [1.29, 1.82) is 0 Å². The second-order valence-corrected chi connectivity index (χ2v) is 6.05. The highest BCUT2D eigenvalue weighted by atomic mass is 16.5. The molecule has 4 rings (SSSR count). The van der Waals surface area contributed by atoms with Crippen molar-refractivity contribution in [3.8, 4) is 0 Å². The van der Waals surface area contributed by atoms with E-state index < -0.39 is 0 Å². The molecule has 26 heavy (non-hydrogen) atoms. The van der Waals surface area contributed by atoms with Gasteiger partial charge in [0.1, 0.15) is 17.6 Å². The first-order chi connectivity index (χ1) is 12.8. The predicted molar refractivity (Wildman–Crippen MR) is 91.7 cm³/mol. The van der Waals surface area contributed by atoms with Crippen LogP contribution in [0.1, 0.15) is 22.4 Å². The van der Waals surface area contributed by atoms with Gasteiger partial charge in [0.25, 0.3) is 5.91 Å². The van der Waals surface area contributed by atoms with Crippen LogP contribution in [0.3, 0.4) is 0 Å². The van der Waals surface area contributed by atoms with E-state index in [1.165, 1.54) is 12.4 Å². The number of carbonyl (C=O) groups excluding carboxylic acids is 1. The Bertz CT molecular complexity index is 753.